The lowest BCUT2D eigenvalue weighted by Crippen LogP contribution is -2.10. The molecule has 58 heavy (non-hydrogen) atoms. The van der Waals surface area contributed by atoms with Crippen molar-refractivity contribution < 1.29 is 4.42 Å². The van der Waals surface area contributed by atoms with Crippen molar-refractivity contribution in [3.8, 4) is 39.1 Å². The molecule has 0 aliphatic rings. The van der Waals surface area contributed by atoms with Gasteiger partial charge in [0.25, 0.3) is 0 Å². The second-order valence-electron chi connectivity index (χ2n) is 15.0. The van der Waals surface area contributed by atoms with Crippen molar-refractivity contribution in [2.75, 3.05) is 4.90 Å². The fourth-order valence-electron chi connectivity index (χ4n) is 8.76. The molecule has 0 amide bonds. The standard InChI is InChI=1S/C55H38N2O/c1-37-34-44(32-33-46(37)40-16-6-3-7-17-40)56(42-28-24-39(25-29-42)38-14-4-2-5-15-38)45-35-50(55-51(36-45)49-20-10-13-23-54(49)58-55)41-26-30-43(31-27-41)57-52-21-11-8-18-47(52)48-19-9-12-22-53(48)57/h2-36H,1H3. The summed E-state index contributed by atoms with van der Waals surface area (Å²) in [7, 11) is 0. The highest BCUT2D eigenvalue weighted by atomic mass is 16.3. The Bertz CT molecular complexity index is 3210. The normalized spacial score (nSPS) is 11.5. The van der Waals surface area contributed by atoms with Gasteiger partial charge in [0.15, 0.2) is 0 Å². The zero-order chi connectivity index (χ0) is 38.6. The van der Waals surface area contributed by atoms with Crippen LogP contribution < -0.4 is 4.90 Å². The van der Waals surface area contributed by atoms with Gasteiger partial charge in [-0.05, 0) is 107 Å². The van der Waals surface area contributed by atoms with Crippen molar-refractivity contribution in [2.45, 2.75) is 6.92 Å². The number of furan rings is 1. The van der Waals surface area contributed by atoms with Crippen molar-refractivity contribution in [3.63, 3.8) is 0 Å². The number of fused-ring (bicyclic) bond motifs is 6. The molecule has 0 saturated heterocycles. The first-order valence-corrected chi connectivity index (χ1v) is 19.8. The highest BCUT2D eigenvalue weighted by Gasteiger charge is 2.21. The van der Waals surface area contributed by atoms with Gasteiger partial charge in [0.2, 0.25) is 0 Å². The summed E-state index contributed by atoms with van der Waals surface area (Å²) >= 11 is 0. The van der Waals surface area contributed by atoms with Crippen LogP contribution in [0.15, 0.2) is 217 Å². The van der Waals surface area contributed by atoms with E-state index in [1.807, 2.05) is 6.07 Å². The topological polar surface area (TPSA) is 21.3 Å². The summed E-state index contributed by atoms with van der Waals surface area (Å²) in [6.45, 7) is 2.21. The first-order chi connectivity index (χ1) is 28.7. The smallest absolute Gasteiger partial charge is 0.143 e. The van der Waals surface area contributed by atoms with Crippen LogP contribution in [-0.2, 0) is 0 Å². The van der Waals surface area contributed by atoms with Crippen LogP contribution in [0.5, 0.6) is 0 Å². The SMILES string of the molecule is Cc1cc(N(c2ccc(-c3ccccc3)cc2)c2cc(-c3ccc(-n4c5ccccc5c5ccccc54)cc3)c3oc4ccccc4c3c2)ccc1-c1ccccc1. The largest absolute Gasteiger partial charge is 0.455 e. The molecule has 11 aromatic rings. The predicted octanol–water partition coefficient (Wildman–Crippen LogP) is 15.5. The Hall–Kier alpha value is -7.62. The van der Waals surface area contributed by atoms with Crippen LogP contribution in [0.4, 0.5) is 17.1 Å². The highest BCUT2D eigenvalue weighted by molar-refractivity contribution is 6.12. The lowest BCUT2D eigenvalue weighted by atomic mass is 9.98. The van der Waals surface area contributed by atoms with Crippen LogP contribution in [-0.4, -0.2) is 4.57 Å². The van der Waals surface area contributed by atoms with E-state index < -0.39 is 0 Å². The Labute approximate surface area is 337 Å². The van der Waals surface area contributed by atoms with E-state index in [1.165, 1.54) is 49.6 Å². The lowest BCUT2D eigenvalue weighted by Gasteiger charge is -2.27. The number of para-hydroxylation sites is 3. The van der Waals surface area contributed by atoms with Crippen molar-refractivity contribution >= 4 is 60.8 Å². The average molecular weight is 743 g/mol. The Morgan fingerprint density at radius 2 is 0.914 bits per heavy atom. The van der Waals surface area contributed by atoms with Gasteiger partial charge in [-0.1, -0.05) is 146 Å². The molecule has 11 rings (SSSR count). The summed E-state index contributed by atoms with van der Waals surface area (Å²) in [5.74, 6) is 0. The quantitative estimate of drug-likeness (QED) is 0.162. The van der Waals surface area contributed by atoms with E-state index in [-0.39, 0.29) is 0 Å². The van der Waals surface area contributed by atoms with E-state index in [4.69, 9.17) is 4.42 Å². The summed E-state index contributed by atoms with van der Waals surface area (Å²) in [6, 6.07) is 76.2. The zero-order valence-electron chi connectivity index (χ0n) is 32.0. The molecule has 0 spiro atoms. The molecule has 0 radical (unpaired) electrons. The van der Waals surface area contributed by atoms with E-state index in [2.05, 4.69) is 223 Å². The zero-order valence-corrected chi connectivity index (χ0v) is 32.0. The van der Waals surface area contributed by atoms with Gasteiger partial charge in [0.1, 0.15) is 11.2 Å². The first kappa shape index (κ1) is 33.7. The minimum absolute atomic E-state index is 0.875. The molecular weight excluding hydrogens is 705 g/mol. The van der Waals surface area contributed by atoms with Gasteiger partial charge >= 0.3 is 0 Å². The lowest BCUT2D eigenvalue weighted by molar-refractivity contribution is 0.670. The molecule has 274 valence electrons. The third kappa shape index (κ3) is 5.67. The second kappa shape index (κ2) is 13.8. The molecule has 0 aliphatic heterocycles. The average Bonchev–Trinajstić information content (AvgIpc) is 3.83. The second-order valence-corrected chi connectivity index (χ2v) is 15.0. The van der Waals surface area contributed by atoms with Crippen LogP contribution in [0.25, 0.3) is 82.8 Å². The van der Waals surface area contributed by atoms with Crippen LogP contribution >= 0.6 is 0 Å². The van der Waals surface area contributed by atoms with Gasteiger partial charge in [-0.15, -0.1) is 0 Å². The minimum Gasteiger partial charge on any atom is -0.455 e. The van der Waals surface area contributed by atoms with Gasteiger partial charge in [-0.3, -0.25) is 0 Å². The summed E-state index contributed by atoms with van der Waals surface area (Å²) in [6.07, 6.45) is 0. The molecular formula is C55H38N2O. The maximum atomic E-state index is 6.73. The molecule has 9 aromatic carbocycles. The summed E-state index contributed by atoms with van der Waals surface area (Å²) in [4.78, 5) is 2.38. The van der Waals surface area contributed by atoms with Crippen molar-refractivity contribution in [1.29, 1.82) is 0 Å². The minimum atomic E-state index is 0.875. The van der Waals surface area contributed by atoms with E-state index in [0.717, 1.165) is 55.8 Å². The van der Waals surface area contributed by atoms with E-state index in [0.29, 0.717) is 0 Å². The molecule has 0 saturated carbocycles. The predicted molar refractivity (Wildman–Crippen MR) is 244 cm³/mol. The van der Waals surface area contributed by atoms with E-state index in [1.54, 1.807) is 0 Å². The number of rotatable bonds is 7. The van der Waals surface area contributed by atoms with Gasteiger partial charge in [-0.2, -0.15) is 0 Å². The fraction of sp³-hybridized carbons (Fsp3) is 0.0182. The number of hydrogen-bond acceptors (Lipinski definition) is 2. The summed E-state index contributed by atoms with van der Waals surface area (Å²) in [5.41, 5.74) is 16.6. The number of anilines is 3. The molecule has 0 fully saturated rings. The van der Waals surface area contributed by atoms with Crippen molar-refractivity contribution in [1.82, 2.24) is 4.57 Å². The van der Waals surface area contributed by atoms with Gasteiger partial charge < -0.3 is 13.9 Å². The van der Waals surface area contributed by atoms with Crippen molar-refractivity contribution in [2.24, 2.45) is 0 Å². The first-order valence-electron chi connectivity index (χ1n) is 19.8. The number of benzene rings is 9. The maximum absolute atomic E-state index is 6.73. The molecule has 3 heteroatoms. The van der Waals surface area contributed by atoms with Crippen LogP contribution in [0, 0.1) is 6.92 Å². The van der Waals surface area contributed by atoms with E-state index >= 15 is 0 Å². The molecule has 0 atom stereocenters. The third-order valence-electron chi connectivity index (χ3n) is 11.5. The summed E-state index contributed by atoms with van der Waals surface area (Å²) in [5, 5.41) is 4.68. The molecule has 0 N–H and O–H groups in total. The third-order valence-corrected chi connectivity index (χ3v) is 11.5. The molecule has 0 aliphatic carbocycles. The van der Waals surface area contributed by atoms with Crippen LogP contribution in [0.3, 0.4) is 0 Å². The van der Waals surface area contributed by atoms with Crippen LogP contribution in [0.2, 0.25) is 0 Å². The Balaban J connectivity index is 1.10. The Morgan fingerprint density at radius 1 is 0.379 bits per heavy atom. The molecule has 3 nitrogen and oxygen atoms in total. The summed E-state index contributed by atoms with van der Waals surface area (Å²) < 4.78 is 9.09. The Kier molecular flexibility index (Phi) is 8.04. The molecule has 0 bridgehead atoms. The van der Waals surface area contributed by atoms with E-state index in [9.17, 15) is 0 Å². The monoisotopic (exact) mass is 742 g/mol. The van der Waals surface area contributed by atoms with Gasteiger partial charge in [0.05, 0.1) is 11.0 Å². The van der Waals surface area contributed by atoms with Crippen LogP contribution in [0.1, 0.15) is 5.56 Å². The molecule has 2 aromatic heterocycles. The maximum Gasteiger partial charge on any atom is 0.143 e. The fourth-order valence-corrected chi connectivity index (χ4v) is 8.76. The van der Waals surface area contributed by atoms with Crippen molar-refractivity contribution in [3.05, 3.63) is 218 Å². The van der Waals surface area contributed by atoms with Gasteiger partial charge in [-0.25, -0.2) is 0 Å². The molecule has 2 heterocycles. The van der Waals surface area contributed by atoms with Gasteiger partial charge in [0, 0.05) is 49.9 Å². The Morgan fingerprint density at radius 3 is 1.59 bits per heavy atom. The molecule has 0 unspecified atom stereocenters. The number of nitrogens with zero attached hydrogens (tertiary/aromatic N) is 2. The number of hydrogen-bond donors (Lipinski definition) is 0. The number of aryl methyl sites for hydroxylation is 1. The number of aromatic nitrogens is 1. The highest BCUT2D eigenvalue weighted by Crippen LogP contribution is 2.45.